The second-order valence-electron chi connectivity index (χ2n) is 4.70. The summed E-state index contributed by atoms with van der Waals surface area (Å²) in [6.45, 7) is 5.72. The predicted octanol–water partition coefficient (Wildman–Crippen LogP) is 4.36. The minimum atomic E-state index is -4.09. The van der Waals surface area contributed by atoms with Crippen molar-refractivity contribution in [2.24, 2.45) is 0 Å². The van der Waals surface area contributed by atoms with E-state index in [4.69, 9.17) is 0 Å². The lowest BCUT2D eigenvalue weighted by molar-refractivity contribution is -0.151. The fourth-order valence-electron chi connectivity index (χ4n) is 2.31. The van der Waals surface area contributed by atoms with Gasteiger partial charge in [-0.1, -0.05) is 39.0 Å². The fraction of sp³-hybridized carbons (Fsp3) is 0.600. The highest BCUT2D eigenvalue weighted by Gasteiger charge is 2.49. The van der Waals surface area contributed by atoms with Crippen molar-refractivity contribution in [3.63, 3.8) is 0 Å². The van der Waals surface area contributed by atoms with E-state index in [-0.39, 0.29) is 12.1 Å². The molecular weight excluding hydrogens is 270 g/mol. The SMILES string of the molecule is CCNC(c1ccc(CC)c(CC)c1)C(F)(F)C(F)F. The first-order valence-corrected chi connectivity index (χ1v) is 6.89. The topological polar surface area (TPSA) is 12.0 Å². The van der Waals surface area contributed by atoms with Gasteiger partial charge in [0.2, 0.25) is 0 Å². The van der Waals surface area contributed by atoms with Crippen molar-refractivity contribution < 1.29 is 17.6 Å². The molecule has 0 aliphatic heterocycles. The summed E-state index contributed by atoms with van der Waals surface area (Å²) in [6.07, 6.45) is -2.21. The third-order valence-corrected chi connectivity index (χ3v) is 3.41. The Labute approximate surface area is 117 Å². The minimum absolute atomic E-state index is 0.198. The highest BCUT2D eigenvalue weighted by atomic mass is 19.3. The molecular formula is C15H21F4N. The number of nitrogens with one attached hydrogen (secondary N) is 1. The largest absolute Gasteiger partial charge is 0.326 e. The van der Waals surface area contributed by atoms with Crippen LogP contribution in [0.4, 0.5) is 17.6 Å². The average Bonchev–Trinajstić information content (AvgIpc) is 2.43. The standard InChI is InChI=1S/C15H21F4N/c1-4-10-7-8-12(9-11(10)5-2)13(20-6-3)15(18,19)14(16)17/h7-9,13-14,20H,4-6H2,1-3H3. The summed E-state index contributed by atoms with van der Waals surface area (Å²) in [7, 11) is 0. The molecule has 0 amide bonds. The Morgan fingerprint density at radius 3 is 2.10 bits per heavy atom. The van der Waals surface area contributed by atoms with Crippen LogP contribution in [0.25, 0.3) is 0 Å². The van der Waals surface area contributed by atoms with E-state index >= 15 is 0 Å². The van der Waals surface area contributed by atoms with Gasteiger partial charge in [0.1, 0.15) is 6.04 Å². The molecule has 1 aromatic rings. The molecule has 1 aromatic carbocycles. The molecule has 1 N–H and O–H groups in total. The first-order chi connectivity index (χ1) is 9.38. The maximum atomic E-state index is 13.7. The van der Waals surface area contributed by atoms with Crippen molar-refractivity contribution in [1.29, 1.82) is 0 Å². The predicted molar refractivity (Wildman–Crippen MR) is 72.6 cm³/mol. The van der Waals surface area contributed by atoms with E-state index in [1.165, 1.54) is 6.07 Å². The van der Waals surface area contributed by atoms with Gasteiger partial charge in [-0.25, -0.2) is 8.78 Å². The Kier molecular flexibility index (Phi) is 5.99. The van der Waals surface area contributed by atoms with E-state index in [9.17, 15) is 17.6 Å². The Bertz CT molecular complexity index is 432. The van der Waals surface area contributed by atoms with Gasteiger partial charge in [0.15, 0.2) is 0 Å². The lowest BCUT2D eigenvalue weighted by Gasteiger charge is -2.28. The van der Waals surface area contributed by atoms with E-state index < -0.39 is 18.4 Å². The van der Waals surface area contributed by atoms with E-state index in [1.54, 1.807) is 19.1 Å². The Morgan fingerprint density at radius 2 is 1.65 bits per heavy atom. The molecule has 114 valence electrons. The number of hydrogen-bond donors (Lipinski definition) is 1. The first-order valence-electron chi connectivity index (χ1n) is 6.89. The Morgan fingerprint density at radius 1 is 1.05 bits per heavy atom. The van der Waals surface area contributed by atoms with Crippen LogP contribution < -0.4 is 5.32 Å². The van der Waals surface area contributed by atoms with E-state index in [0.717, 1.165) is 17.5 Å². The molecule has 1 unspecified atom stereocenters. The summed E-state index contributed by atoms with van der Waals surface area (Å²) >= 11 is 0. The lowest BCUT2D eigenvalue weighted by atomic mass is 9.94. The molecule has 0 spiro atoms. The molecule has 1 atom stereocenters. The van der Waals surface area contributed by atoms with Crippen molar-refractivity contribution in [2.75, 3.05) is 6.54 Å². The van der Waals surface area contributed by atoms with Crippen LogP contribution in [0.15, 0.2) is 18.2 Å². The number of aryl methyl sites for hydroxylation is 2. The Balaban J connectivity index is 3.22. The zero-order valence-electron chi connectivity index (χ0n) is 12.0. The summed E-state index contributed by atoms with van der Waals surface area (Å²) in [4.78, 5) is 0. The molecule has 5 heteroatoms. The number of alkyl halides is 4. The zero-order chi connectivity index (χ0) is 15.3. The second-order valence-corrected chi connectivity index (χ2v) is 4.70. The molecule has 20 heavy (non-hydrogen) atoms. The molecule has 0 aliphatic carbocycles. The van der Waals surface area contributed by atoms with Gasteiger partial charge >= 0.3 is 12.3 Å². The summed E-state index contributed by atoms with van der Waals surface area (Å²) in [6, 6.07) is 3.22. The maximum Gasteiger partial charge on any atom is 0.326 e. The monoisotopic (exact) mass is 291 g/mol. The van der Waals surface area contributed by atoms with Gasteiger partial charge in [-0.3, -0.25) is 0 Å². The molecule has 1 rings (SSSR count). The van der Waals surface area contributed by atoms with Crippen molar-refractivity contribution >= 4 is 0 Å². The van der Waals surface area contributed by atoms with E-state index in [2.05, 4.69) is 5.32 Å². The molecule has 0 bridgehead atoms. The number of hydrogen-bond acceptors (Lipinski definition) is 1. The number of benzene rings is 1. The van der Waals surface area contributed by atoms with Crippen LogP contribution in [-0.2, 0) is 12.8 Å². The van der Waals surface area contributed by atoms with Crippen molar-refractivity contribution in [1.82, 2.24) is 5.32 Å². The van der Waals surface area contributed by atoms with Gasteiger partial charge in [0.25, 0.3) is 0 Å². The highest BCUT2D eigenvalue weighted by molar-refractivity contribution is 5.34. The minimum Gasteiger partial charge on any atom is -0.305 e. The fourth-order valence-corrected chi connectivity index (χ4v) is 2.31. The third-order valence-electron chi connectivity index (χ3n) is 3.41. The van der Waals surface area contributed by atoms with Crippen molar-refractivity contribution in [2.45, 2.75) is 52.0 Å². The molecule has 0 aromatic heterocycles. The van der Waals surface area contributed by atoms with Gasteiger partial charge in [0.05, 0.1) is 0 Å². The van der Waals surface area contributed by atoms with E-state index in [0.29, 0.717) is 6.42 Å². The molecule has 0 fully saturated rings. The summed E-state index contributed by atoms with van der Waals surface area (Å²) in [5.41, 5.74) is 2.20. The van der Waals surface area contributed by atoms with E-state index in [1.807, 2.05) is 13.8 Å². The number of rotatable bonds is 7. The van der Waals surface area contributed by atoms with Crippen LogP contribution >= 0.6 is 0 Å². The van der Waals surface area contributed by atoms with Crippen LogP contribution in [0.1, 0.15) is 43.5 Å². The number of halogens is 4. The van der Waals surface area contributed by atoms with Gasteiger partial charge in [-0.05, 0) is 36.1 Å². The molecule has 1 nitrogen and oxygen atoms in total. The average molecular weight is 291 g/mol. The molecule has 0 aliphatic rings. The van der Waals surface area contributed by atoms with Crippen LogP contribution in [0.2, 0.25) is 0 Å². The highest BCUT2D eigenvalue weighted by Crippen LogP contribution is 2.37. The summed E-state index contributed by atoms with van der Waals surface area (Å²) in [5.74, 6) is -4.09. The molecule has 0 radical (unpaired) electrons. The van der Waals surface area contributed by atoms with Gasteiger partial charge in [-0.15, -0.1) is 0 Å². The van der Waals surface area contributed by atoms with Crippen LogP contribution in [-0.4, -0.2) is 18.9 Å². The summed E-state index contributed by atoms with van der Waals surface area (Å²) in [5, 5.41) is 2.48. The molecule has 0 heterocycles. The first kappa shape index (κ1) is 17.0. The normalized spacial score (nSPS) is 13.8. The van der Waals surface area contributed by atoms with Gasteiger partial charge in [0, 0.05) is 0 Å². The van der Waals surface area contributed by atoms with Gasteiger partial charge < -0.3 is 5.32 Å². The van der Waals surface area contributed by atoms with Crippen molar-refractivity contribution in [3.05, 3.63) is 34.9 Å². The maximum absolute atomic E-state index is 13.7. The zero-order valence-corrected chi connectivity index (χ0v) is 12.0. The summed E-state index contributed by atoms with van der Waals surface area (Å²) < 4.78 is 52.6. The van der Waals surface area contributed by atoms with Gasteiger partial charge in [-0.2, -0.15) is 8.78 Å². The molecule has 0 saturated carbocycles. The Hall–Kier alpha value is -1.10. The van der Waals surface area contributed by atoms with Crippen LogP contribution in [0.5, 0.6) is 0 Å². The van der Waals surface area contributed by atoms with Crippen LogP contribution in [0, 0.1) is 0 Å². The molecule has 0 saturated heterocycles. The smallest absolute Gasteiger partial charge is 0.305 e. The second kappa shape index (κ2) is 7.07. The van der Waals surface area contributed by atoms with Crippen LogP contribution in [0.3, 0.4) is 0 Å². The quantitative estimate of drug-likeness (QED) is 0.736. The van der Waals surface area contributed by atoms with Crippen molar-refractivity contribution in [3.8, 4) is 0 Å². The third kappa shape index (κ3) is 3.51. The lowest BCUT2D eigenvalue weighted by Crippen LogP contribution is -2.42.